The van der Waals surface area contributed by atoms with Gasteiger partial charge in [-0.05, 0) is 100 Å². The summed E-state index contributed by atoms with van der Waals surface area (Å²) in [5.41, 5.74) is -1.38. The minimum Gasteiger partial charge on any atom is -0.460 e. The van der Waals surface area contributed by atoms with Gasteiger partial charge in [-0.25, -0.2) is 0 Å². The number of carbonyl (C=O) groups is 4. The lowest BCUT2D eigenvalue weighted by Crippen LogP contribution is -2.71. The van der Waals surface area contributed by atoms with E-state index >= 15 is 0 Å². The lowest BCUT2D eigenvalue weighted by atomic mass is 9.62. The van der Waals surface area contributed by atoms with Gasteiger partial charge in [-0.1, -0.05) is 12.1 Å². The highest BCUT2D eigenvalue weighted by atomic mass is 127. The Hall–Kier alpha value is -2.41. The molecule has 4 N–H and O–H groups in total. The summed E-state index contributed by atoms with van der Waals surface area (Å²) in [4.78, 5) is 61.4. The number of esters is 2. The summed E-state index contributed by atoms with van der Waals surface area (Å²) in [5.74, 6) is -2.92. The van der Waals surface area contributed by atoms with Crippen molar-refractivity contribution in [3.05, 3.63) is 33.4 Å². The third-order valence-electron chi connectivity index (χ3n) is 10.9. The zero-order valence-corrected chi connectivity index (χ0v) is 31.5. The molecular weight excluding hydrogens is 777 g/mol. The van der Waals surface area contributed by atoms with Crippen LogP contribution in [0.2, 0.25) is 0 Å². The van der Waals surface area contributed by atoms with Crippen LogP contribution >= 0.6 is 22.6 Å². The number of nitrogens with one attached hydrogen (secondary N) is 2. The highest BCUT2D eigenvalue weighted by Crippen LogP contribution is 2.63. The zero-order valence-electron chi connectivity index (χ0n) is 29.3. The van der Waals surface area contributed by atoms with Gasteiger partial charge in [-0.15, -0.1) is 0 Å². The first-order valence-corrected chi connectivity index (χ1v) is 19.1. The van der Waals surface area contributed by atoms with Crippen molar-refractivity contribution in [3.8, 4) is 0 Å². The van der Waals surface area contributed by atoms with Crippen molar-refractivity contribution in [2.75, 3.05) is 6.61 Å². The molecule has 1 aromatic carbocycles. The van der Waals surface area contributed by atoms with Crippen molar-refractivity contribution in [2.24, 2.45) is 17.3 Å². The second kappa shape index (κ2) is 13.8. The minimum atomic E-state index is -1.54. The Balaban J connectivity index is 1.15. The number of ether oxygens (including phenoxy) is 4. The first-order valence-electron chi connectivity index (χ1n) is 18.0. The van der Waals surface area contributed by atoms with E-state index in [2.05, 4.69) is 33.2 Å². The molecule has 15 heteroatoms. The van der Waals surface area contributed by atoms with Crippen LogP contribution in [0, 0.1) is 20.8 Å². The molecule has 6 aliphatic rings. The number of aliphatic hydroxyl groups is 2. The van der Waals surface area contributed by atoms with E-state index in [0.29, 0.717) is 0 Å². The second-order valence-electron chi connectivity index (χ2n) is 16.0. The predicted octanol–water partition coefficient (Wildman–Crippen LogP) is 1.86. The minimum absolute atomic E-state index is 0.0635. The molecule has 3 heterocycles. The highest BCUT2D eigenvalue weighted by Gasteiger charge is 2.78. The number of hydroxylamine groups is 2. The van der Waals surface area contributed by atoms with E-state index in [-0.39, 0.29) is 37.6 Å². The molecule has 3 saturated carbocycles. The van der Waals surface area contributed by atoms with Crippen LogP contribution in [0.5, 0.6) is 0 Å². The number of hydrogen-bond donors (Lipinski definition) is 4. The number of hydrogen-bond acceptors (Lipinski definition) is 12. The van der Waals surface area contributed by atoms with Crippen molar-refractivity contribution in [1.82, 2.24) is 15.7 Å². The predicted molar refractivity (Wildman–Crippen MR) is 186 cm³/mol. The molecule has 0 radical (unpaired) electrons. The molecule has 1 aromatic rings. The maximum absolute atomic E-state index is 14.8. The summed E-state index contributed by atoms with van der Waals surface area (Å²) in [6.07, 6.45) is -0.488. The molecule has 14 nitrogen and oxygen atoms in total. The zero-order chi connectivity index (χ0) is 36.5. The summed E-state index contributed by atoms with van der Waals surface area (Å²) in [6, 6.07) is 4.26. The molecule has 0 unspecified atom stereocenters. The summed E-state index contributed by atoms with van der Waals surface area (Å²) in [6.45, 7) is 6.29. The largest absolute Gasteiger partial charge is 0.460 e. The van der Waals surface area contributed by atoms with Crippen LogP contribution in [0.3, 0.4) is 0 Å². The molecule has 51 heavy (non-hydrogen) atoms. The number of benzene rings is 1. The number of aliphatic hydroxyl groups excluding tert-OH is 2. The van der Waals surface area contributed by atoms with Crippen LogP contribution < -0.4 is 10.6 Å². The van der Waals surface area contributed by atoms with Gasteiger partial charge in [0, 0.05) is 28.2 Å². The van der Waals surface area contributed by atoms with Gasteiger partial charge >= 0.3 is 11.9 Å². The Morgan fingerprint density at radius 2 is 1.71 bits per heavy atom. The van der Waals surface area contributed by atoms with Crippen LogP contribution in [-0.2, 0) is 49.5 Å². The van der Waals surface area contributed by atoms with Crippen molar-refractivity contribution in [2.45, 2.75) is 139 Å². The molecule has 2 bridgehead atoms. The molecular formula is C36H48IN3O11. The Labute approximate surface area is 310 Å². The topological polar surface area (TPSA) is 182 Å². The number of halogens is 1. The van der Waals surface area contributed by atoms with Gasteiger partial charge < -0.3 is 39.8 Å². The number of fused-ring (bicyclic) bond motifs is 4. The summed E-state index contributed by atoms with van der Waals surface area (Å²) >= 11 is 2.21. The molecule has 3 saturated heterocycles. The van der Waals surface area contributed by atoms with Crippen molar-refractivity contribution >= 4 is 46.3 Å². The second-order valence-corrected chi connectivity index (χ2v) is 17.2. The normalized spacial score (nSPS) is 32.7. The summed E-state index contributed by atoms with van der Waals surface area (Å²) in [7, 11) is 0. The summed E-state index contributed by atoms with van der Waals surface area (Å²) in [5, 5.41) is 27.7. The van der Waals surface area contributed by atoms with Gasteiger partial charge in [-0.2, -0.15) is 5.06 Å². The number of carbonyl (C=O) groups excluding carboxylic acids is 4. The fourth-order valence-corrected chi connectivity index (χ4v) is 8.66. The van der Waals surface area contributed by atoms with Crippen molar-refractivity contribution < 1.29 is 53.2 Å². The lowest BCUT2D eigenvalue weighted by molar-refractivity contribution is -0.235. The lowest BCUT2D eigenvalue weighted by Gasteiger charge is -2.49. The quantitative estimate of drug-likeness (QED) is 0.168. The van der Waals surface area contributed by atoms with Crippen LogP contribution in [0.4, 0.5) is 0 Å². The average Bonchev–Trinajstić information content (AvgIpc) is 4.01. The number of nitrogens with zero attached hydrogens (tertiary/aromatic N) is 1. The molecule has 6 fully saturated rings. The van der Waals surface area contributed by atoms with E-state index in [0.717, 1.165) is 34.8 Å². The van der Waals surface area contributed by atoms with E-state index < -0.39 is 95.8 Å². The molecule has 9 atom stereocenters. The average molecular weight is 826 g/mol. The van der Waals surface area contributed by atoms with E-state index in [1.807, 2.05) is 24.3 Å². The standard InChI is InChI=1S/C36H48IN3O11/c1-18(42)26(31(44)38-23(17-41)13-14-25(43)48-34(2,3)4)39-33(46)35-15-24-27-28(50-36(49-27,20-7-8-20)21-9-10-21)30(35)51-40(29(35)32(45)47-24)16-19-5-11-22(37)12-6-19/h5-6,11-12,18,20-21,23-24,26-30,41-42H,7-10,13-17H2,1-4H3,(H,38,44)(H,39,46)/t18-,23-,24+,26+,27-,28-,29-,30+,35-/m0/s1. The third-order valence-corrected chi connectivity index (χ3v) is 11.6. The molecule has 2 amide bonds. The van der Waals surface area contributed by atoms with Gasteiger partial charge in [0.15, 0.2) is 11.8 Å². The number of rotatable bonds is 13. The van der Waals surface area contributed by atoms with E-state index in [4.69, 9.17) is 23.8 Å². The van der Waals surface area contributed by atoms with Crippen LogP contribution in [-0.4, -0.2) is 106 Å². The Morgan fingerprint density at radius 3 is 2.29 bits per heavy atom. The van der Waals surface area contributed by atoms with Crippen LogP contribution in [0.1, 0.15) is 78.2 Å². The Kier molecular flexibility index (Phi) is 9.98. The van der Waals surface area contributed by atoms with Gasteiger partial charge in [0.25, 0.3) is 0 Å². The van der Waals surface area contributed by atoms with Crippen LogP contribution in [0.15, 0.2) is 24.3 Å². The van der Waals surface area contributed by atoms with E-state index in [1.54, 1.807) is 20.8 Å². The van der Waals surface area contributed by atoms with Gasteiger partial charge in [0.2, 0.25) is 11.8 Å². The van der Waals surface area contributed by atoms with Gasteiger partial charge in [0.05, 0.1) is 25.3 Å². The summed E-state index contributed by atoms with van der Waals surface area (Å²) < 4.78 is 26.1. The third kappa shape index (κ3) is 7.03. The SMILES string of the molecule is C[C@H](O)[C@@H](NC(=O)[C@@]12C[C@H]3OC(=O)[C@@H]1N(Cc1ccc(I)cc1)O[C@@H]2[C@H]1OC(C2CC2)(C2CC2)O[C@H]13)C(=O)N[C@H](CO)CCC(=O)OC(C)(C)C. The first-order chi connectivity index (χ1) is 24.1. The molecule has 3 aliphatic carbocycles. The fourth-order valence-electron chi connectivity index (χ4n) is 8.30. The highest BCUT2D eigenvalue weighted by molar-refractivity contribution is 14.1. The van der Waals surface area contributed by atoms with E-state index in [9.17, 15) is 29.4 Å². The van der Waals surface area contributed by atoms with Crippen molar-refractivity contribution in [1.29, 1.82) is 0 Å². The van der Waals surface area contributed by atoms with Gasteiger partial charge in [-0.3, -0.25) is 24.0 Å². The fraction of sp³-hybridized carbons (Fsp3) is 0.722. The Morgan fingerprint density at radius 1 is 1.06 bits per heavy atom. The molecule has 0 aromatic heterocycles. The first kappa shape index (κ1) is 36.9. The monoisotopic (exact) mass is 825 g/mol. The Bertz CT molecular complexity index is 1510. The molecule has 280 valence electrons. The molecule has 3 aliphatic heterocycles. The van der Waals surface area contributed by atoms with Crippen molar-refractivity contribution in [3.63, 3.8) is 0 Å². The van der Waals surface area contributed by atoms with Crippen LogP contribution in [0.25, 0.3) is 0 Å². The van der Waals surface area contributed by atoms with Gasteiger partial charge in [0.1, 0.15) is 41.5 Å². The number of amides is 2. The van der Waals surface area contributed by atoms with E-state index in [1.165, 1.54) is 12.0 Å². The smallest absolute Gasteiger partial charge is 0.327 e. The maximum Gasteiger partial charge on any atom is 0.327 e. The maximum atomic E-state index is 14.8. The molecule has 7 rings (SSSR count). The molecule has 0 spiro atoms.